The Morgan fingerprint density at radius 3 is 2.31 bits per heavy atom. The second-order valence-electron chi connectivity index (χ2n) is 5.84. The molecule has 4 aromatic rings. The molecular formula is C21H14N2O3. The van der Waals surface area contributed by atoms with E-state index >= 15 is 0 Å². The van der Waals surface area contributed by atoms with Crippen LogP contribution in [-0.4, -0.2) is 26.1 Å². The van der Waals surface area contributed by atoms with Gasteiger partial charge in [0.05, 0.1) is 11.1 Å². The van der Waals surface area contributed by atoms with Crippen molar-refractivity contribution in [3.63, 3.8) is 0 Å². The van der Waals surface area contributed by atoms with E-state index in [2.05, 4.69) is 4.98 Å². The van der Waals surface area contributed by atoms with E-state index in [1.807, 2.05) is 6.07 Å². The maximum atomic E-state index is 12.9. The predicted molar refractivity (Wildman–Crippen MR) is 96.6 cm³/mol. The number of nitrogens with zero attached hydrogens (tertiary/aromatic N) is 2. The first-order valence-corrected chi connectivity index (χ1v) is 8.04. The van der Waals surface area contributed by atoms with E-state index in [0.717, 1.165) is 0 Å². The fraction of sp³-hybridized carbons (Fsp3) is 0. The summed E-state index contributed by atoms with van der Waals surface area (Å²) in [5.74, 6) is -0.672. The van der Waals surface area contributed by atoms with Gasteiger partial charge in [0.15, 0.2) is 11.6 Å². The molecule has 0 aliphatic rings. The molecule has 0 saturated carbocycles. The molecule has 0 bridgehead atoms. The third-order valence-corrected chi connectivity index (χ3v) is 4.18. The van der Waals surface area contributed by atoms with Crippen LogP contribution in [0.3, 0.4) is 0 Å². The van der Waals surface area contributed by atoms with E-state index in [9.17, 15) is 14.7 Å². The number of benzene rings is 2. The minimum absolute atomic E-state index is 0.0980. The molecule has 0 atom stereocenters. The summed E-state index contributed by atoms with van der Waals surface area (Å²) in [5, 5.41) is 9.97. The minimum atomic E-state index is -0.360. The zero-order valence-corrected chi connectivity index (χ0v) is 13.7. The van der Waals surface area contributed by atoms with Gasteiger partial charge in [-0.05, 0) is 18.2 Å². The molecule has 26 heavy (non-hydrogen) atoms. The van der Waals surface area contributed by atoms with Gasteiger partial charge in [-0.3, -0.25) is 9.59 Å². The molecule has 0 aliphatic heterocycles. The maximum absolute atomic E-state index is 12.9. The summed E-state index contributed by atoms with van der Waals surface area (Å²) in [6, 6.07) is 16.7. The van der Waals surface area contributed by atoms with Crippen molar-refractivity contribution in [3.8, 4) is 5.75 Å². The second kappa shape index (κ2) is 6.29. The highest BCUT2D eigenvalue weighted by Crippen LogP contribution is 2.23. The Balaban J connectivity index is 1.87. The molecule has 2 aromatic carbocycles. The number of fused-ring (bicyclic) bond motifs is 1. The monoisotopic (exact) mass is 342 g/mol. The molecule has 2 heterocycles. The number of carbonyl (C=O) groups excluding carboxylic acids is 2. The number of para-hydroxylation sites is 1. The first kappa shape index (κ1) is 15.8. The van der Waals surface area contributed by atoms with Gasteiger partial charge in [-0.1, -0.05) is 42.5 Å². The number of pyridine rings is 1. The summed E-state index contributed by atoms with van der Waals surface area (Å²) < 4.78 is 1.64. The topological polar surface area (TPSA) is 71.7 Å². The normalized spacial score (nSPS) is 10.8. The lowest BCUT2D eigenvalue weighted by molar-refractivity contribution is 0.103. The van der Waals surface area contributed by atoms with Gasteiger partial charge in [-0.25, -0.2) is 4.98 Å². The zero-order valence-electron chi connectivity index (χ0n) is 13.7. The van der Waals surface area contributed by atoms with Gasteiger partial charge < -0.3 is 9.51 Å². The number of aromatic nitrogens is 2. The van der Waals surface area contributed by atoms with Crippen molar-refractivity contribution in [1.29, 1.82) is 0 Å². The lowest BCUT2D eigenvalue weighted by Gasteiger charge is -2.08. The summed E-state index contributed by atoms with van der Waals surface area (Å²) in [4.78, 5) is 30.0. The highest BCUT2D eigenvalue weighted by Gasteiger charge is 2.20. The Morgan fingerprint density at radius 2 is 1.54 bits per heavy atom. The quantitative estimate of drug-likeness (QED) is 0.576. The van der Waals surface area contributed by atoms with E-state index in [0.29, 0.717) is 22.3 Å². The molecule has 5 nitrogen and oxygen atoms in total. The van der Waals surface area contributed by atoms with Gasteiger partial charge in [-0.2, -0.15) is 0 Å². The van der Waals surface area contributed by atoms with Crippen molar-refractivity contribution in [2.24, 2.45) is 0 Å². The van der Waals surface area contributed by atoms with E-state index in [-0.39, 0.29) is 22.9 Å². The molecule has 0 saturated heterocycles. The number of hydrogen-bond donors (Lipinski definition) is 1. The van der Waals surface area contributed by atoms with Crippen LogP contribution in [0.5, 0.6) is 5.75 Å². The van der Waals surface area contributed by atoms with E-state index in [1.54, 1.807) is 65.5 Å². The first-order chi connectivity index (χ1) is 12.6. The first-order valence-electron chi connectivity index (χ1n) is 8.04. The van der Waals surface area contributed by atoms with Crippen molar-refractivity contribution in [1.82, 2.24) is 9.38 Å². The summed E-state index contributed by atoms with van der Waals surface area (Å²) in [6.45, 7) is 0. The number of rotatable bonds is 4. The molecule has 0 spiro atoms. The largest absolute Gasteiger partial charge is 0.507 e. The fourth-order valence-electron chi connectivity index (χ4n) is 2.89. The Labute approximate surface area is 149 Å². The molecule has 0 fully saturated rings. The van der Waals surface area contributed by atoms with Gasteiger partial charge in [0.25, 0.3) is 0 Å². The van der Waals surface area contributed by atoms with Crippen LogP contribution in [-0.2, 0) is 0 Å². The Bertz CT molecular complexity index is 1130. The average Bonchev–Trinajstić information content (AvgIpc) is 3.16. The number of carbonyl (C=O) groups is 2. The summed E-state index contributed by atoms with van der Waals surface area (Å²) >= 11 is 0. The van der Waals surface area contributed by atoms with E-state index < -0.39 is 0 Å². The van der Waals surface area contributed by atoms with Crippen LogP contribution in [0.4, 0.5) is 0 Å². The number of imidazole rings is 1. The van der Waals surface area contributed by atoms with Gasteiger partial charge >= 0.3 is 0 Å². The Hall–Kier alpha value is -3.73. The van der Waals surface area contributed by atoms with Crippen molar-refractivity contribution in [2.75, 3.05) is 0 Å². The number of phenolic OH excluding ortho intramolecular Hbond substituents is 1. The molecule has 2 aromatic heterocycles. The SMILES string of the molecule is O=C(c1cc(C(=O)c2ccccc2)c2nccn2c1)c1ccccc1O. The summed E-state index contributed by atoms with van der Waals surface area (Å²) in [5.41, 5.74) is 1.82. The van der Waals surface area contributed by atoms with Gasteiger partial charge in [0, 0.05) is 29.7 Å². The molecular weight excluding hydrogens is 328 g/mol. The standard InChI is InChI=1S/C21H14N2O3/c24-18-9-5-4-8-16(18)20(26)15-12-17(21-22-10-11-23(21)13-15)19(25)14-6-2-1-3-7-14/h1-13,24H. The van der Waals surface area contributed by atoms with Crippen LogP contribution in [0.1, 0.15) is 31.8 Å². The third kappa shape index (κ3) is 2.65. The highest BCUT2D eigenvalue weighted by atomic mass is 16.3. The molecule has 5 heteroatoms. The van der Waals surface area contributed by atoms with Crippen molar-refractivity contribution in [2.45, 2.75) is 0 Å². The molecule has 126 valence electrons. The Kier molecular flexibility index (Phi) is 3.82. The number of ketones is 2. The molecule has 0 unspecified atom stereocenters. The lowest BCUT2D eigenvalue weighted by atomic mass is 9.99. The fourth-order valence-corrected chi connectivity index (χ4v) is 2.89. The summed E-state index contributed by atoms with van der Waals surface area (Å²) in [6.07, 6.45) is 4.86. The van der Waals surface area contributed by atoms with E-state index in [1.165, 1.54) is 12.1 Å². The van der Waals surface area contributed by atoms with Crippen LogP contribution in [0.15, 0.2) is 79.3 Å². The zero-order chi connectivity index (χ0) is 18.1. The third-order valence-electron chi connectivity index (χ3n) is 4.18. The second-order valence-corrected chi connectivity index (χ2v) is 5.84. The molecule has 0 radical (unpaired) electrons. The van der Waals surface area contributed by atoms with Gasteiger partial charge in [-0.15, -0.1) is 0 Å². The van der Waals surface area contributed by atoms with Crippen LogP contribution in [0.2, 0.25) is 0 Å². The summed E-state index contributed by atoms with van der Waals surface area (Å²) in [7, 11) is 0. The predicted octanol–water partition coefficient (Wildman–Crippen LogP) is 3.50. The maximum Gasteiger partial charge on any atom is 0.198 e. The van der Waals surface area contributed by atoms with Crippen LogP contribution >= 0.6 is 0 Å². The van der Waals surface area contributed by atoms with Gasteiger partial charge in [0.2, 0.25) is 0 Å². The van der Waals surface area contributed by atoms with Crippen molar-refractivity contribution < 1.29 is 14.7 Å². The highest BCUT2D eigenvalue weighted by molar-refractivity contribution is 6.16. The average molecular weight is 342 g/mol. The van der Waals surface area contributed by atoms with Crippen LogP contribution < -0.4 is 0 Å². The van der Waals surface area contributed by atoms with Crippen molar-refractivity contribution >= 4 is 17.2 Å². The number of phenols is 1. The van der Waals surface area contributed by atoms with Crippen LogP contribution in [0, 0.1) is 0 Å². The van der Waals surface area contributed by atoms with Crippen molar-refractivity contribution in [3.05, 3.63) is 102 Å². The number of hydrogen-bond acceptors (Lipinski definition) is 4. The number of aromatic hydroxyl groups is 1. The smallest absolute Gasteiger partial charge is 0.198 e. The molecule has 4 rings (SSSR count). The van der Waals surface area contributed by atoms with Crippen LogP contribution in [0.25, 0.3) is 5.65 Å². The lowest BCUT2D eigenvalue weighted by Crippen LogP contribution is -2.09. The molecule has 0 amide bonds. The Morgan fingerprint density at radius 1 is 0.846 bits per heavy atom. The molecule has 1 N–H and O–H groups in total. The minimum Gasteiger partial charge on any atom is -0.507 e. The molecule has 0 aliphatic carbocycles. The van der Waals surface area contributed by atoms with E-state index in [4.69, 9.17) is 0 Å². The van der Waals surface area contributed by atoms with Gasteiger partial charge in [0.1, 0.15) is 11.4 Å².